The van der Waals surface area contributed by atoms with Crippen LogP contribution in [0.3, 0.4) is 0 Å². The minimum absolute atomic E-state index is 0.228. The molecule has 2 fully saturated rings. The maximum atomic E-state index is 12.6. The second-order valence-corrected chi connectivity index (χ2v) is 9.79. The van der Waals surface area contributed by atoms with Crippen LogP contribution in [0.4, 0.5) is 0 Å². The van der Waals surface area contributed by atoms with Crippen molar-refractivity contribution >= 4 is 11.8 Å². The predicted molar refractivity (Wildman–Crippen MR) is 114 cm³/mol. The number of nitrogens with zero attached hydrogens (tertiary/aromatic N) is 1. The van der Waals surface area contributed by atoms with E-state index in [1.165, 1.54) is 24.8 Å². The molecule has 4 heteroatoms. The van der Waals surface area contributed by atoms with Gasteiger partial charge in [-0.15, -0.1) is 0 Å². The number of carbonyl (C=O) groups is 2. The number of hydrogen-bond donors (Lipinski definition) is 1. The third-order valence-corrected chi connectivity index (χ3v) is 7.45. The van der Waals surface area contributed by atoms with Gasteiger partial charge in [-0.2, -0.15) is 0 Å². The van der Waals surface area contributed by atoms with E-state index in [1.807, 2.05) is 4.90 Å². The Bertz CT molecular complexity index is 571. The van der Waals surface area contributed by atoms with Crippen molar-refractivity contribution in [2.45, 2.75) is 78.6 Å². The predicted octanol–water partition coefficient (Wildman–Crippen LogP) is 4.55. The van der Waals surface area contributed by atoms with Gasteiger partial charge >= 0.3 is 0 Å². The van der Waals surface area contributed by atoms with E-state index in [2.05, 4.69) is 32.2 Å². The van der Waals surface area contributed by atoms with Crippen molar-refractivity contribution in [2.24, 2.45) is 29.6 Å². The molecule has 0 spiro atoms. The largest absolute Gasteiger partial charge is 0.355 e. The Morgan fingerprint density at radius 3 is 2.43 bits per heavy atom. The average molecular weight is 389 g/mol. The van der Waals surface area contributed by atoms with Crippen molar-refractivity contribution in [3.8, 4) is 0 Å². The van der Waals surface area contributed by atoms with Crippen LogP contribution in [-0.4, -0.2) is 36.3 Å². The molecule has 1 N–H and O–H groups in total. The molecular formula is C24H40N2O2. The highest BCUT2D eigenvalue weighted by molar-refractivity contribution is 5.78. The van der Waals surface area contributed by atoms with Crippen molar-refractivity contribution in [1.29, 1.82) is 0 Å². The van der Waals surface area contributed by atoms with E-state index in [4.69, 9.17) is 0 Å². The molecule has 2 aliphatic carbocycles. The van der Waals surface area contributed by atoms with Crippen molar-refractivity contribution in [1.82, 2.24) is 10.2 Å². The molecule has 0 bridgehead atoms. The van der Waals surface area contributed by atoms with Gasteiger partial charge in [0.1, 0.15) is 0 Å². The zero-order valence-electron chi connectivity index (χ0n) is 18.2. The third-order valence-electron chi connectivity index (χ3n) is 7.45. The first-order valence-electron chi connectivity index (χ1n) is 11.7. The van der Waals surface area contributed by atoms with Crippen LogP contribution in [0.1, 0.15) is 78.6 Å². The average Bonchev–Trinajstić information content (AvgIpc) is 3.23. The van der Waals surface area contributed by atoms with Gasteiger partial charge in [0.15, 0.2) is 0 Å². The molecule has 2 amide bonds. The van der Waals surface area contributed by atoms with Crippen LogP contribution in [0.5, 0.6) is 0 Å². The maximum absolute atomic E-state index is 12.6. The number of carbonyl (C=O) groups excluding carboxylic acids is 2. The Kier molecular flexibility index (Phi) is 7.59. The molecule has 1 aliphatic heterocycles. The molecule has 3 atom stereocenters. The summed E-state index contributed by atoms with van der Waals surface area (Å²) in [5.41, 5.74) is 1.35. The van der Waals surface area contributed by atoms with Crippen molar-refractivity contribution in [3.05, 3.63) is 11.6 Å². The fourth-order valence-corrected chi connectivity index (χ4v) is 5.54. The zero-order chi connectivity index (χ0) is 20.1. The molecule has 1 saturated carbocycles. The lowest BCUT2D eigenvalue weighted by atomic mass is 9.69. The van der Waals surface area contributed by atoms with Gasteiger partial charge < -0.3 is 10.2 Å². The first-order valence-corrected chi connectivity index (χ1v) is 11.7. The lowest BCUT2D eigenvalue weighted by Crippen LogP contribution is -2.40. The van der Waals surface area contributed by atoms with Gasteiger partial charge in [0.25, 0.3) is 0 Å². The van der Waals surface area contributed by atoms with Crippen LogP contribution in [0, 0.1) is 29.6 Å². The number of amides is 2. The number of rotatable bonds is 6. The van der Waals surface area contributed by atoms with Crippen LogP contribution in [0.2, 0.25) is 0 Å². The lowest BCUT2D eigenvalue weighted by molar-refractivity contribution is -0.131. The normalized spacial score (nSPS) is 29.1. The van der Waals surface area contributed by atoms with E-state index in [1.54, 1.807) is 0 Å². The van der Waals surface area contributed by atoms with Gasteiger partial charge in [-0.3, -0.25) is 9.59 Å². The molecule has 1 saturated heterocycles. The number of likely N-dealkylation sites (tertiary alicyclic amines) is 1. The van der Waals surface area contributed by atoms with Crippen LogP contribution in [-0.2, 0) is 9.59 Å². The molecule has 4 nitrogen and oxygen atoms in total. The molecule has 0 radical (unpaired) electrons. The summed E-state index contributed by atoms with van der Waals surface area (Å²) in [6.45, 7) is 9.40. The molecule has 0 aromatic heterocycles. The third kappa shape index (κ3) is 5.39. The minimum Gasteiger partial charge on any atom is -0.355 e. The Hall–Kier alpha value is -1.32. The molecule has 0 aromatic carbocycles. The summed E-state index contributed by atoms with van der Waals surface area (Å²) in [6, 6.07) is 0. The van der Waals surface area contributed by atoms with E-state index in [-0.39, 0.29) is 11.8 Å². The Morgan fingerprint density at radius 2 is 1.79 bits per heavy atom. The molecule has 0 unspecified atom stereocenters. The molecule has 158 valence electrons. The molecule has 0 aromatic rings. The van der Waals surface area contributed by atoms with Crippen LogP contribution < -0.4 is 5.32 Å². The summed E-state index contributed by atoms with van der Waals surface area (Å²) in [7, 11) is 0. The highest BCUT2D eigenvalue weighted by atomic mass is 16.2. The summed E-state index contributed by atoms with van der Waals surface area (Å²) < 4.78 is 0. The van der Waals surface area contributed by atoms with Crippen molar-refractivity contribution in [2.75, 3.05) is 19.6 Å². The standard InChI is InChI=1S/C24H40N2O2/c1-17(2)22-14-20(15-23(27)26-11-7-8-12-26)18(3)13-21(22)16-25-24(28)19-9-5-4-6-10-19/h13,17,19-22H,4-12,14-16H2,1-3H3,(H,25,28)/t20-,21-,22-/m0/s1. The van der Waals surface area contributed by atoms with Gasteiger partial charge in [-0.25, -0.2) is 0 Å². The monoisotopic (exact) mass is 388 g/mol. The lowest BCUT2D eigenvalue weighted by Gasteiger charge is -2.37. The van der Waals surface area contributed by atoms with Crippen LogP contribution in [0.15, 0.2) is 11.6 Å². The summed E-state index contributed by atoms with van der Waals surface area (Å²) in [4.78, 5) is 27.3. The summed E-state index contributed by atoms with van der Waals surface area (Å²) in [6.07, 6.45) is 12.2. The van der Waals surface area contributed by atoms with E-state index in [9.17, 15) is 9.59 Å². The molecule has 3 rings (SSSR count). The fraction of sp³-hybridized carbons (Fsp3) is 0.833. The highest BCUT2D eigenvalue weighted by Crippen LogP contribution is 2.39. The van der Waals surface area contributed by atoms with Crippen molar-refractivity contribution < 1.29 is 9.59 Å². The molecular weight excluding hydrogens is 348 g/mol. The number of allylic oxidation sites excluding steroid dienone is 1. The zero-order valence-corrected chi connectivity index (χ0v) is 18.2. The molecule has 3 aliphatic rings. The van der Waals surface area contributed by atoms with E-state index < -0.39 is 0 Å². The molecule has 1 heterocycles. The van der Waals surface area contributed by atoms with Crippen LogP contribution >= 0.6 is 0 Å². The number of nitrogens with one attached hydrogen (secondary N) is 1. The first kappa shape index (κ1) is 21.4. The first-order chi connectivity index (χ1) is 13.5. The Balaban J connectivity index is 1.58. The van der Waals surface area contributed by atoms with Gasteiger partial charge in [-0.05, 0) is 62.7 Å². The van der Waals surface area contributed by atoms with Gasteiger partial charge in [0.05, 0.1) is 0 Å². The number of hydrogen-bond acceptors (Lipinski definition) is 2. The maximum Gasteiger partial charge on any atom is 0.223 e. The van der Waals surface area contributed by atoms with Crippen molar-refractivity contribution in [3.63, 3.8) is 0 Å². The highest BCUT2D eigenvalue weighted by Gasteiger charge is 2.34. The topological polar surface area (TPSA) is 49.4 Å². The van der Waals surface area contributed by atoms with E-state index in [0.717, 1.165) is 51.7 Å². The Labute approximate surface area is 171 Å². The SMILES string of the molecule is CC1=C[C@@H](CNC(=O)C2CCCCC2)[C@H](C(C)C)C[C@H]1CC(=O)N1CCCC1. The van der Waals surface area contributed by atoms with Crippen LogP contribution in [0.25, 0.3) is 0 Å². The quantitative estimate of drug-likeness (QED) is 0.679. The van der Waals surface area contributed by atoms with E-state index in [0.29, 0.717) is 36.0 Å². The summed E-state index contributed by atoms with van der Waals surface area (Å²) in [5, 5.41) is 3.27. The van der Waals surface area contributed by atoms with Gasteiger partial charge in [-0.1, -0.05) is 44.8 Å². The minimum atomic E-state index is 0.228. The smallest absolute Gasteiger partial charge is 0.223 e. The van der Waals surface area contributed by atoms with Gasteiger partial charge in [0.2, 0.25) is 11.8 Å². The fourth-order valence-electron chi connectivity index (χ4n) is 5.54. The summed E-state index contributed by atoms with van der Waals surface area (Å²) in [5.74, 6) is 2.68. The van der Waals surface area contributed by atoms with Gasteiger partial charge in [0, 0.05) is 32.0 Å². The second kappa shape index (κ2) is 9.93. The second-order valence-electron chi connectivity index (χ2n) is 9.79. The molecule has 28 heavy (non-hydrogen) atoms. The Morgan fingerprint density at radius 1 is 1.11 bits per heavy atom. The summed E-state index contributed by atoms with van der Waals surface area (Å²) >= 11 is 0. The van der Waals surface area contributed by atoms with E-state index >= 15 is 0 Å².